The van der Waals surface area contributed by atoms with Gasteiger partial charge in [0.05, 0.1) is 14.2 Å². The first-order valence-corrected chi connectivity index (χ1v) is 8.45. The highest BCUT2D eigenvalue weighted by molar-refractivity contribution is 6.35. The maximum absolute atomic E-state index is 12.0. The van der Waals surface area contributed by atoms with Crippen LogP contribution in [0.1, 0.15) is 46.2 Å². The van der Waals surface area contributed by atoms with E-state index < -0.39 is 5.97 Å². The molecule has 132 valence electrons. The van der Waals surface area contributed by atoms with Gasteiger partial charge in [0.2, 0.25) is 0 Å². The Morgan fingerprint density at radius 1 is 1.32 bits per heavy atom. The monoisotopic (exact) mass is 361 g/mol. The van der Waals surface area contributed by atoms with E-state index in [1.54, 1.807) is 7.11 Å². The Morgan fingerprint density at radius 3 is 2.72 bits per heavy atom. The molecule has 1 heterocycles. The molecule has 1 aromatic carbocycles. The molecule has 1 aromatic heterocycles. The summed E-state index contributed by atoms with van der Waals surface area (Å²) in [5, 5.41) is 3.39. The van der Waals surface area contributed by atoms with Crippen molar-refractivity contribution in [2.45, 2.75) is 32.2 Å². The van der Waals surface area contributed by atoms with Crippen LogP contribution in [0.25, 0.3) is 0 Å². The predicted octanol–water partition coefficient (Wildman–Crippen LogP) is 3.72. The van der Waals surface area contributed by atoms with Crippen molar-refractivity contribution in [2.24, 2.45) is 0 Å². The van der Waals surface area contributed by atoms with E-state index in [-0.39, 0.29) is 16.6 Å². The molecule has 25 heavy (non-hydrogen) atoms. The molecule has 0 spiro atoms. The van der Waals surface area contributed by atoms with Crippen molar-refractivity contribution in [1.29, 1.82) is 0 Å². The van der Waals surface area contributed by atoms with E-state index in [9.17, 15) is 4.79 Å². The molecular formula is C18H20ClN3O3. The van der Waals surface area contributed by atoms with Gasteiger partial charge in [0, 0.05) is 18.0 Å². The highest BCUT2D eigenvalue weighted by atomic mass is 35.5. The molecule has 1 saturated carbocycles. The quantitative estimate of drug-likeness (QED) is 0.790. The number of rotatable bonds is 6. The van der Waals surface area contributed by atoms with Gasteiger partial charge in [-0.05, 0) is 31.4 Å². The molecule has 0 bridgehead atoms. The minimum Gasteiger partial charge on any atom is -0.496 e. The lowest BCUT2D eigenvalue weighted by atomic mass is 10.1. The minimum atomic E-state index is -0.564. The minimum absolute atomic E-state index is 0.0975. The van der Waals surface area contributed by atoms with E-state index >= 15 is 0 Å². The van der Waals surface area contributed by atoms with Gasteiger partial charge in [-0.2, -0.15) is 0 Å². The normalized spacial score (nSPS) is 13.4. The zero-order valence-electron chi connectivity index (χ0n) is 14.4. The number of halogens is 1. The van der Waals surface area contributed by atoms with Crippen LogP contribution in [0, 0.1) is 6.92 Å². The molecule has 2 aromatic rings. The Hall–Kier alpha value is -2.34. The van der Waals surface area contributed by atoms with Crippen molar-refractivity contribution in [3.63, 3.8) is 0 Å². The highest BCUT2D eigenvalue weighted by Gasteiger charge is 2.30. The van der Waals surface area contributed by atoms with E-state index in [2.05, 4.69) is 15.3 Å². The van der Waals surface area contributed by atoms with Crippen LogP contribution in [0.5, 0.6) is 5.75 Å². The molecule has 0 atom stereocenters. The van der Waals surface area contributed by atoms with Crippen LogP contribution in [0.2, 0.25) is 5.02 Å². The number of aryl methyl sites for hydroxylation is 1. The molecular weight excluding hydrogens is 342 g/mol. The van der Waals surface area contributed by atoms with Crippen LogP contribution in [0.4, 0.5) is 5.82 Å². The van der Waals surface area contributed by atoms with Crippen LogP contribution >= 0.6 is 11.6 Å². The van der Waals surface area contributed by atoms with Gasteiger partial charge in [0.25, 0.3) is 0 Å². The topological polar surface area (TPSA) is 73.3 Å². The van der Waals surface area contributed by atoms with Gasteiger partial charge in [-0.15, -0.1) is 0 Å². The Labute approximate surface area is 151 Å². The molecule has 3 rings (SSSR count). The van der Waals surface area contributed by atoms with Gasteiger partial charge in [-0.1, -0.05) is 23.7 Å². The summed E-state index contributed by atoms with van der Waals surface area (Å²) in [4.78, 5) is 20.8. The summed E-state index contributed by atoms with van der Waals surface area (Å²) in [5.41, 5.74) is 2.19. The third-order valence-corrected chi connectivity index (χ3v) is 4.57. The van der Waals surface area contributed by atoms with Crippen LogP contribution in [-0.4, -0.2) is 30.2 Å². The SMILES string of the molecule is COC(=O)c1nc(C2CC2)nc(NCc2c(C)cccc2OC)c1Cl. The second-order valence-electron chi connectivity index (χ2n) is 5.97. The zero-order chi connectivity index (χ0) is 18.0. The molecule has 0 aliphatic heterocycles. The van der Waals surface area contributed by atoms with Gasteiger partial charge in [0.1, 0.15) is 22.4 Å². The molecule has 1 N–H and O–H groups in total. The summed E-state index contributed by atoms with van der Waals surface area (Å²) in [6.45, 7) is 2.48. The van der Waals surface area contributed by atoms with Gasteiger partial charge in [0.15, 0.2) is 5.69 Å². The molecule has 1 aliphatic carbocycles. The summed E-state index contributed by atoms with van der Waals surface area (Å²) >= 11 is 6.34. The fraction of sp³-hybridized carbons (Fsp3) is 0.389. The smallest absolute Gasteiger partial charge is 0.358 e. The number of hydrogen-bond acceptors (Lipinski definition) is 6. The molecule has 0 amide bonds. The lowest BCUT2D eigenvalue weighted by Crippen LogP contribution is -2.13. The van der Waals surface area contributed by atoms with E-state index in [1.807, 2.05) is 25.1 Å². The van der Waals surface area contributed by atoms with E-state index in [4.69, 9.17) is 21.1 Å². The van der Waals surface area contributed by atoms with Gasteiger partial charge in [-0.25, -0.2) is 14.8 Å². The number of aromatic nitrogens is 2. The van der Waals surface area contributed by atoms with Crippen LogP contribution in [0.15, 0.2) is 18.2 Å². The first kappa shape index (κ1) is 17.5. The Balaban J connectivity index is 1.92. The molecule has 0 radical (unpaired) electrons. The summed E-state index contributed by atoms with van der Waals surface area (Å²) in [5.74, 6) is 1.57. The number of hydrogen-bond donors (Lipinski definition) is 1. The number of nitrogens with one attached hydrogen (secondary N) is 1. The average molecular weight is 362 g/mol. The molecule has 7 heteroatoms. The molecule has 1 aliphatic rings. The number of nitrogens with zero attached hydrogens (tertiary/aromatic N) is 2. The van der Waals surface area contributed by atoms with Crippen LogP contribution in [0.3, 0.4) is 0 Å². The fourth-order valence-electron chi connectivity index (χ4n) is 2.60. The third-order valence-electron chi connectivity index (χ3n) is 4.21. The van der Waals surface area contributed by atoms with Crippen molar-refractivity contribution in [3.05, 3.63) is 45.9 Å². The molecule has 6 nitrogen and oxygen atoms in total. The van der Waals surface area contributed by atoms with Crippen molar-refractivity contribution in [1.82, 2.24) is 9.97 Å². The zero-order valence-corrected chi connectivity index (χ0v) is 15.2. The lowest BCUT2D eigenvalue weighted by molar-refractivity contribution is 0.0593. The number of anilines is 1. The van der Waals surface area contributed by atoms with Crippen molar-refractivity contribution in [2.75, 3.05) is 19.5 Å². The molecule has 1 fully saturated rings. The molecule has 0 unspecified atom stereocenters. The Bertz CT molecular complexity index is 806. The molecule has 0 saturated heterocycles. The maximum Gasteiger partial charge on any atom is 0.358 e. The van der Waals surface area contributed by atoms with Gasteiger partial charge >= 0.3 is 5.97 Å². The number of carbonyl (C=O) groups excluding carboxylic acids is 1. The van der Waals surface area contributed by atoms with Crippen LogP contribution in [-0.2, 0) is 11.3 Å². The number of esters is 1. The first-order valence-electron chi connectivity index (χ1n) is 8.07. The number of ether oxygens (including phenoxy) is 2. The summed E-state index contributed by atoms with van der Waals surface area (Å²) in [6, 6.07) is 5.85. The lowest BCUT2D eigenvalue weighted by Gasteiger charge is -2.15. The summed E-state index contributed by atoms with van der Waals surface area (Å²) < 4.78 is 10.2. The fourth-order valence-corrected chi connectivity index (χ4v) is 2.83. The number of carbonyl (C=O) groups is 1. The maximum atomic E-state index is 12.0. The van der Waals surface area contributed by atoms with Gasteiger partial charge in [-0.3, -0.25) is 0 Å². The predicted molar refractivity (Wildman–Crippen MR) is 95.4 cm³/mol. The van der Waals surface area contributed by atoms with E-state index in [0.29, 0.717) is 18.2 Å². The van der Waals surface area contributed by atoms with E-state index in [1.165, 1.54) is 7.11 Å². The van der Waals surface area contributed by atoms with Crippen LogP contribution < -0.4 is 10.1 Å². The summed E-state index contributed by atoms with van der Waals surface area (Å²) in [7, 11) is 2.94. The second-order valence-corrected chi connectivity index (χ2v) is 6.35. The summed E-state index contributed by atoms with van der Waals surface area (Å²) in [6.07, 6.45) is 2.04. The van der Waals surface area contributed by atoms with Crippen molar-refractivity contribution >= 4 is 23.4 Å². The third kappa shape index (κ3) is 3.69. The Kier molecular flexibility index (Phi) is 5.08. The van der Waals surface area contributed by atoms with E-state index in [0.717, 1.165) is 29.7 Å². The second kappa shape index (κ2) is 7.27. The van der Waals surface area contributed by atoms with Crippen molar-refractivity contribution < 1.29 is 14.3 Å². The van der Waals surface area contributed by atoms with Crippen molar-refractivity contribution in [3.8, 4) is 5.75 Å². The Morgan fingerprint density at radius 2 is 2.08 bits per heavy atom. The standard InChI is InChI=1S/C18H20ClN3O3/c1-10-5-4-6-13(24-2)12(10)9-20-17-14(19)15(18(23)25-3)21-16(22-17)11-7-8-11/h4-6,11H,7-9H2,1-3H3,(H,20,21,22). The first-order chi connectivity index (χ1) is 12.0. The van der Waals surface area contributed by atoms with Gasteiger partial charge < -0.3 is 14.8 Å². The number of benzene rings is 1. The average Bonchev–Trinajstić information content (AvgIpc) is 3.46. The highest BCUT2D eigenvalue weighted by Crippen LogP contribution is 2.40. The number of methoxy groups -OCH3 is 2. The largest absolute Gasteiger partial charge is 0.496 e.